The van der Waals surface area contributed by atoms with E-state index < -0.39 is 0 Å². The van der Waals surface area contributed by atoms with Gasteiger partial charge in [-0.05, 0) is 11.8 Å². The molecule has 0 aromatic rings. The Bertz CT molecular complexity index is 58.1. The first-order valence-corrected chi connectivity index (χ1v) is 12.0. The zero-order chi connectivity index (χ0) is 22.7. The SMILES string of the molecule is CC.CC.CC.CC.CC.CCC.CCC(C)CC.CCC(C)CC. The highest BCUT2D eigenvalue weighted by Crippen LogP contribution is 2.03. The van der Waals surface area contributed by atoms with E-state index in [2.05, 4.69) is 55.4 Å². The molecule has 0 spiro atoms. The van der Waals surface area contributed by atoms with Crippen molar-refractivity contribution in [1.29, 1.82) is 0 Å². The third kappa shape index (κ3) is 182. The maximum Gasteiger partial charge on any atom is -0.0448 e. The highest BCUT2D eigenvalue weighted by atomic mass is 14.0. The Balaban J connectivity index is -0.0000000236. The molecule has 0 unspecified atom stereocenters. The molecule has 166 valence electrons. The van der Waals surface area contributed by atoms with E-state index in [1.54, 1.807) is 0 Å². The van der Waals surface area contributed by atoms with E-state index in [0.29, 0.717) is 0 Å². The third-order valence-electron chi connectivity index (χ3n) is 2.79. The minimum absolute atomic E-state index is 0.935. The number of rotatable bonds is 4. The molecular formula is C25H66. The van der Waals surface area contributed by atoms with E-state index in [9.17, 15) is 0 Å². The van der Waals surface area contributed by atoms with E-state index >= 15 is 0 Å². The molecule has 0 atom stereocenters. The molecule has 0 aliphatic carbocycles. The molecule has 0 bridgehead atoms. The summed E-state index contributed by atoms with van der Waals surface area (Å²) in [6.07, 6.45) is 6.57. The van der Waals surface area contributed by atoms with Crippen LogP contribution in [-0.4, -0.2) is 0 Å². The van der Waals surface area contributed by atoms with Gasteiger partial charge < -0.3 is 0 Å². The van der Waals surface area contributed by atoms with Gasteiger partial charge in [-0.1, -0.05) is 157 Å². The molecule has 0 aliphatic heterocycles. The molecule has 0 aromatic carbocycles. The minimum atomic E-state index is 0.935. The predicted octanol–water partition coefficient (Wildman–Crippen LogP) is 11.4. The maximum absolute atomic E-state index is 2.28. The summed E-state index contributed by atoms with van der Waals surface area (Å²) < 4.78 is 0. The lowest BCUT2D eigenvalue weighted by Crippen LogP contribution is -1.85. The molecule has 0 aromatic heterocycles. The van der Waals surface area contributed by atoms with E-state index in [1.165, 1.54) is 32.1 Å². The highest BCUT2D eigenvalue weighted by molar-refractivity contribution is 4.42. The molecule has 0 saturated carbocycles. The fourth-order valence-corrected chi connectivity index (χ4v) is 0.577. The van der Waals surface area contributed by atoms with Crippen LogP contribution in [0.25, 0.3) is 0 Å². The molecule has 0 nitrogen and oxygen atoms in total. The van der Waals surface area contributed by atoms with Crippen molar-refractivity contribution < 1.29 is 0 Å². The minimum Gasteiger partial charge on any atom is -0.0683 e. The quantitative estimate of drug-likeness (QED) is 0.464. The number of hydrogen-bond acceptors (Lipinski definition) is 0. The lowest BCUT2D eigenvalue weighted by atomic mass is 10.1. The first-order valence-electron chi connectivity index (χ1n) is 12.0. The Hall–Kier alpha value is 0. The summed E-state index contributed by atoms with van der Waals surface area (Å²) in [5, 5.41) is 0. The van der Waals surface area contributed by atoms with Crippen molar-refractivity contribution in [2.75, 3.05) is 0 Å². The summed E-state index contributed by atoms with van der Waals surface area (Å²) in [6, 6.07) is 0. The average Bonchev–Trinajstić information content (AvgIpc) is 2.75. The average molecular weight is 367 g/mol. The van der Waals surface area contributed by atoms with Crippen molar-refractivity contribution in [3.05, 3.63) is 0 Å². The summed E-state index contributed by atoms with van der Waals surface area (Å²) in [5.74, 6) is 1.87. The zero-order valence-electron chi connectivity index (χ0n) is 22.7. The van der Waals surface area contributed by atoms with Crippen molar-refractivity contribution >= 4 is 0 Å². The van der Waals surface area contributed by atoms with Crippen LogP contribution in [0, 0.1) is 11.8 Å². The second kappa shape index (κ2) is 105. The summed E-state index contributed by atoms with van der Waals surface area (Å²) in [4.78, 5) is 0. The van der Waals surface area contributed by atoms with Crippen LogP contribution in [0.3, 0.4) is 0 Å². The van der Waals surface area contributed by atoms with Gasteiger partial charge in [0.15, 0.2) is 0 Å². The monoisotopic (exact) mass is 367 g/mol. The van der Waals surface area contributed by atoms with Crippen LogP contribution in [0.15, 0.2) is 0 Å². The van der Waals surface area contributed by atoms with Crippen molar-refractivity contribution in [3.8, 4) is 0 Å². The van der Waals surface area contributed by atoms with Crippen molar-refractivity contribution in [2.24, 2.45) is 11.8 Å². The highest BCUT2D eigenvalue weighted by Gasteiger charge is 1.89. The molecule has 0 heterocycles. The lowest BCUT2D eigenvalue weighted by molar-refractivity contribution is 0.544. The van der Waals surface area contributed by atoms with Gasteiger partial charge in [-0.15, -0.1) is 0 Å². The van der Waals surface area contributed by atoms with Gasteiger partial charge in [0.2, 0.25) is 0 Å². The molecule has 0 amide bonds. The summed E-state index contributed by atoms with van der Waals surface area (Å²) >= 11 is 0. The van der Waals surface area contributed by atoms with Gasteiger partial charge in [-0.2, -0.15) is 0 Å². The Morgan fingerprint density at radius 2 is 0.440 bits per heavy atom. The second-order valence-corrected chi connectivity index (χ2v) is 4.55. The summed E-state index contributed by atoms with van der Waals surface area (Å²) in [7, 11) is 0. The molecule has 0 fully saturated rings. The Labute approximate surface area is 169 Å². The molecular weight excluding hydrogens is 300 g/mol. The third-order valence-corrected chi connectivity index (χ3v) is 2.79. The molecule has 0 aliphatic rings. The Morgan fingerprint density at radius 1 is 0.360 bits per heavy atom. The van der Waals surface area contributed by atoms with Gasteiger partial charge in [0.1, 0.15) is 0 Å². The smallest absolute Gasteiger partial charge is 0.0448 e. The van der Waals surface area contributed by atoms with Gasteiger partial charge in [0.25, 0.3) is 0 Å². The first-order chi connectivity index (χ1) is 12.0. The van der Waals surface area contributed by atoms with E-state index in [0.717, 1.165) is 11.8 Å². The van der Waals surface area contributed by atoms with E-state index in [1.807, 2.05) is 69.2 Å². The first kappa shape index (κ1) is 49.8. The second-order valence-electron chi connectivity index (χ2n) is 4.55. The topological polar surface area (TPSA) is 0 Å². The maximum atomic E-state index is 2.28. The van der Waals surface area contributed by atoms with Crippen molar-refractivity contribution in [2.45, 2.75) is 157 Å². The van der Waals surface area contributed by atoms with Crippen LogP contribution in [0.4, 0.5) is 0 Å². The normalized spacial score (nSPS) is 6.72. The molecule has 0 radical (unpaired) electrons. The largest absolute Gasteiger partial charge is 0.0683 e. The van der Waals surface area contributed by atoms with Gasteiger partial charge in [-0.25, -0.2) is 0 Å². The molecule has 0 saturated heterocycles. The van der Waals surface area contributed by atoms with Crippen LogP contribution >= 0.6 is 0 Å². The van der Waals surface area contributed by atoms with Gasteiger partial charge >= 0.3 is 0 Å². The molecule has 0 rings (SSSR count). The van der Waals surface area contributed by atoms with Gasteiger partial charge in [0, 0.05) is 0 Å². The van der Waals surface area contributed by atoms with E-state index in [4.69, 9.17) is 0 Å². The van der Waals surface area contributed by atoms with Crippen LogP contribution in [0.2, 0.25) is 0 Å². The summed E-state index contributed by atoms with van der Waals surface area (Å²) in [5.41, 5.74) is 0. The Morgan fingerprint density at radius 3 is 0.440 bits per heavy atom. The molecule has 0 heteroatoms. The molecule has 0 N–H and O–H groups in total. The fourth-order valence-electron chi connectivity index (χ4n) is 0.577. The van der Waals surface area contributed by atoms with Gasteiger partial charge in [-0.3, -0.25) is 0 Å². The van der Waals surface area contributed by atoms with Crippen LogP contribution in [0.5, 0.6) is 0 Å². The zero-order valence-corrected chi connectivity index (χ0v) is 22.7. The number of hydrogen-bond donors (Lipinski definition) is 0. The standard InChI is InChI=1S/2C6H14.C3H8.5C2H6/c2*1-4-6(3)5-2;1-3-2;5*1-2/h2*6H,4-5H2,1-3H3;3H2,1-2H3;5*1-2H3. The summed E-state index contributed by atoms with van der Waals surface area (Å²) in [6.45, 7) is 37.7. The van der Waals surface area contributed by atoms with Gasteiger partial charge in [0.05, 0.1) is 0 Å². The predicted molar refractivity (Wildman–Crippen MR) is 132 cm³/mol. The van der Waals surface area contributed by atoms with Crippen LogP contribution < -0.4 is 0 Å². The van der Waals surface area contributed by atoms with E-state index in [-0.39, 0.29) is 0 Å². The lowest BCUT2D eigenvalue weighted by Gasteiger charge is -1.98. The van der Waals surface area contributed by atoms with Crippen LogP contribution in [-0.2, 0) is 0 Å². The van der Waals surface area contributed by atoms with Crippen molar-refractivity contribution in [1.82, 2.24) is 0 Å². The van der Waals surface area contributed by atoms with Crippen LogP contribution in [0.1, 0.15) is 157 Å². The Kier molecular flexibility index (Phi) is 209. The van der Waals surface area contributed by atoms with Crippen molar-refractivity contribution in [3.63, 3.8) is 0 Å². The fraction of sp³-hybridized carbons (Fsp3) is 1.00. The molecule has 25 heavy (non-hydrogen) atoms.